The van der Waals surface area contributed by atoms with Crippen LogP contribution in [0.2, 0.25) is 0 Å². The van der Waals surface area contributed by atoms with Gasteiger partial charge in [0.05, 0.1) is 18.3 Å². The average molecular weight is 425 g/mol. The van der Waals surface area contributed by atoms with Gasteiger partial charge in [0.25, 0.3) is 0 Å². The normalized spacial score (nSPS) is 21.2. The zero-order chi connectivity index (χ0) is 22.1. The second-order valence-corrected chi connectivity index (χ2v) is 8.65. The largest absolute Gasteiger partial charge is 0.478 e. The Morgan fingerprint density at radius 2 is 1.71 bits per heavy atom. The molecule has 1 N–H and O–H groups in total. The molecule has 2 aromatic rings. The van der Waals surface area contributed by atoms with E-state index < -0.39 is 12.3 Å². The molecule has 3 rings (SSSR count). The Balaban J connectivity index is 1.56. The molecule has 1 heterocycles. The van der Waals surface area contributed by atoms with E-state index in [0.717, 1.165) is 17.5 Å². The van der Waals surface area contributed by atoms with Gasteiger partial charge in [-0.3, -0.25) is 0 Å². The third-order valence-electron chi connectivity index (χ3n) is 6.27. The van der Waals surface area contributed by atoms with Crippen LogP contribution in [0.5, 0.6) is 0 Å². The van der Waals surface area contributed by atoms with Crippen molar-refractivity contribution in [3.8, 4) is 11.1 Å². The van der Waals surface area contributed by atoms with Crippen molar-refractivity contribution in [3.63, 3.8) is 0 Å². The van der Waals surface area contributed by atoms with Crippen molar-refractivity contribution in [2.45, 2.75) is 77.6 Å². The van der Waals surface area contributed by atoms with E-state index in [1.807, 2.05) is 42.5 Å². The third-order valence-corrected chi connectivity index (χ3v) is 6.27. The molecule has 0 amide bonds. The molecule has 168 valence electrons. The highest BCUT2D eigenvalue weighted by Gasteiger charge is 2.30. The van der Waals surface area contributed by atoms with Gasteiger partial charge in [-0.2, -0.15) is 0 Å². The maximum atomic E-state index is 11.9. The number of carbonyl (C=O) groups is 1. The summed E-state index contributed by atoms with van der Waals surface area (Å²) in [5, 5.41) is 9.75. The molecular weight excluding hydrogens is 388 g/mol. The molecule has 4 heteroatoms. The predicted molar refractivity (Wildman–Crippen MR) is 124 cm³/mol. The van der Waals surface area contributed by atoms with Gasteiger partial charge in [-0.05, 0) is 30.5 Å². The minimum absolute atomic E-state index is 0.0981. The summed E-state index contributed by atoms with van der Waals surface area (Å²) >= 11 is 0. The second kappa shape index (κ2) is 12.0. The summed E-state index contributed by atoms with van der Waals surface area (Å²) in [4.78, 5) is 11.9. The number of rotatable bonds is 11. The highest BCUT2D eigenvalue weighted by atomic mass is 16.7. The number of carboxylic acid groups (broad SMARTS) is 1. The molecule has 1 aliphatic rings. The van der Waals surface area contributed by atoms with Gasteiger partial charge in [-0.25, -0.2) is 4.79 Å². The first-order valence-electron chi connectivity index (χ1n) is 11.8. The molecule has 4 nitrogen and oxygen atoms in total. The van der Waals surface area contributed by atoms with Crippen LogP contribution < -0.4 is 0 Å². The smallest absolute Gasteiger partial charge is 0.336 e. The fraction of sp³-hybridized carbons (Fsp3) is 0.519. The first kappa shape index (κ1) is 23.5. The molecule has 2 aromatic carbocycles. The molecule has 0 radical (unpaired) electrons. The highest BCUT2D eigenvalue weighted by Crippen LogP contribution is 2.34. The van der Waals surface area contributed by atoms with E-state index in [9.17, 15) is 9.90 Å². The molecule has 3 atom stereocenters. The lowest BCUT2D eigenvalue weighted by molar-refractivity contribution is -0.237. The fourth-order valence-electron chi connectivity index (χ4n) is 4.30. The van der Waals surface area contributed by atoms with E-state index in [-0.39, 0.29) is 11.7 Å². The Bertz CT molecular complexity index is 817. The molecular formula is C27H36O4. The van der Waals surface area contributed by atoms with Crippen LogP contribution in [0, 0.1) is 5.92 Å². The molecule has 31 heavy (non-hydrogen) atoms. The van der Waals surface area contributed by atoms with Crippen LogP contribution in [0.15, 0.2) is 48.5 Å². The summed E-state index contributed by atoms with van der Waals surface area (Å²) < 4.78 is 12.2. The Labute approximate surface area is 186 Å². The van der Waals surface area contributed by atoms with Gasteiger partial charge in [0, 0.05) is 11.5 Å². The zero-order valence-electron chi connectivity index (χ0n) is 18.9. The van der Waals surface area contributed by atoms with Gasteiger partial charge in [0.2, 0.25) is 0 Å². The SMILES string of the molecule is CCCCCCCCCC1COC(c2ccc(-c3ccccc3)c(C(=O)O)c2)OC1C. The summed E-state index contributed by atoms with van der Waals surface area (Å²) in [6.45, 7) is 5.01. The number of aromatic carboxylic acids is 1. The Hall–Kier alpha value is -2.17. The van der Waals surface area contributed by atoms with Crippen LogP contribution in [0.1, 0.15) is 87.4 Å². The van der Waals surface area contributed by atoms with Crippen LogP contribution in [-0.2, 0) is 9.47 Å². The Morgan fingerprint density at radius 1 is 1.00 bits per heavy atom. The van der Waals surface area contributed by atoms with E-state index in [2.05, 4.69) is 13.8 Å². The molecule has 3 unspecified atom stereocenters. The minimum atomic E-state index is -0.943. The topological polar surface area (TPSA) is 55.8 Å². The Kier molecular flexibility index (Phi) is 9.11. The first-order valence-corrected chi connectivity index (χ1v) is 11.8. The quantitative estimate of drug-likeness (QED) is 0.386. The average Bonchev–Trinajstić information content (AvgIpc) is 2.79. The van der Waals surface area contributed by atoms with E-state index in [4.69, 9.17) is 9.47 Å². The van der Waals surface area contributed by atoms with Crippen LogP contribution in [0.25, 0.3) is 11.1 Å². The van der Waals surface area contributed by atoms with Gasteiger partial charge in [0.15, 0.2) is 6.29 Å². The van der Waals surface area contributed by atoms with Crippen molar-refractivity contribution in [1.29, 1.82) is 0 Å². The fourth-order valence-corrected chi connectivity index (χ4v) is 4.30. The van der Waals surface area contributed by atoms with E-state index in [1.54, 1.807) is 6.07 Å². The summed E-state index contributed by atoms with van der Waals surface area (Å²) in [5.41, 5.74) is 2.63. The van der Waals surface area contributed by atoms with Crippen molar-refractivity contribution in [2.75, 3.05) is 6.61 Å². The van der Waals surface area contributed by atoms with Crippen LogP contribution in [0.4, 0.5) is 0 Å². The monoisotopic (exact) mass is 424 g/mol. The molecule has 0 aliphatic carbocycles. The lowest BCUT2D eigenvalue weighted by atomic mass is 9.94. The van der Waals surface area contributed by atoms with Crippen molar-refractivity contribution in [3.05, 3.63) is 59.7 Å². The third kappa shape index (κ3) is 6.65. The minimum Gasteiger partial charge on any atom is -0.478 e. The molecule has 1 fully saturated rings. The molecule has 0 aromatic heterocycles. The van der Waals surface area contributed by atoms with Gasteiger partial charge in [0.1, 0.15) is 0 Å². The lowest BCUT2D eigenvalue weighted by Crippen LogP contribution is -2.34. The summed E-state index contributed by atoms with van der Waals surface area (Å²) in [5.74, 6) is -0.546. The molecule has 0 spiro atoms. The van der Waals surface area contributed by atoms with Crippen LogP contribution >= 0.6 is 0 Å². The standard InChI is InChI=1S/C27H36O4/c1-3-4-5-6-7-8-10-15-23-19-30-27(31-20(23)2)22-16-17-24(25(18-22)26(28)29)21-13-11-9-12-14-21/h9,11-14,16-18,20,23,27H,3-8,10,15,19H2,1-2H3,(H,28,29). The maximum Gasteiger partial charge on any atom is 0.336 e. The number of ether oxygens (including phenoxy) is 2. The van der Waals surface area contributed by atoms with Crippen molar-refractivity contribution >= 4 is 5.97 Å². The Morgan fingerprint density at radius 3 is 2.39 bits per heavy atom. The molecule has 1 saturated heterocycles. The van der Waals surface area contributed by atoms with Gasteiger partial charge >= 0.3 is 5.97 Å². The van der Waals surface area contributed by atoms with Crippen LogP contribution in [-0.4, -0.2) is 23.8 Å². The summed E-state index contributed by atoms with van der Waals surface area (Å²) in [7, 11) is 0. The molecule has 0 bridgehead atoms. The molecule has 1 aliphatic heterocycles. The van der Waals surface area contributed by atoms with Gasteiger partial charge < -0.3 is 14.6 Å². The zero-order valence-corrected chi connectivity index (χ0v) is 18.9. The van der Waals surface area contributed by atoms with E-state index >= 15 is 0 Å². The highest BCUT2D eigenvalue weighted by molar-refractivity contribution is 5.96. The maximum absolute atomic E-state index is 11.9. The number of hydrogen-bond acceptors (Lipinski definition) is 3. The van der Waals surface area contributed by atoms with Crippen molar-refractivity contribution < 1.29 is 19.4 Å². The lowest BCUT2D eigenvalue weighted by Gasteiger charge is -2.35. The predicted octanol–water partition coefficient (Wildman–Crippen LogP) is 7.24. The summed E-state index contributed by atoms with van der Waals surface area (Å²) in [6.07, 6.45) is 9.85. The van der Waals surface area contributed by atoms with Crippen LogP contribution in [0.3, 0.4) is 0 Å². The second-order valence-electron chi connectivity index (χ2n) is 8.65. The van der Waals surface area contributed by atoms with Crippen molar-refractivity contribution in [2.24, 2.45) is 5.92 Å². The van der Waals surface area contributed by atoms with Crippen molar-refractivity contribution in [1.82, 2.24) is 0 Å². The number of unbranched alkanes of at least 4 members (excludes halogenated alkanes) is 6. The first-order chi connectivity index (χ1) is 15.1. The number of carboxylic acids is 1. The van der Waals surface area contributed by atoms with E-state index in [0.29, 0.717) is 18.1 Å². The van der Waals surface area contributed by atoms with E-state index in [1.165, 1.54) is 44.9 Å². The van der Waals surface area contributed by atoms with Gasteiger partial charge in [-0.1, -0.05) is 94.3 Å². The number of hydrogen-bond donors (Lipinski definition) is 1. The number of benzene rings is 2. The van der Waals surface area contributed by atoms with Gasteiger partial charge in [-0.15, -0.1) is 0 Å². The summed E-state index contributed by atoms with van der Waals surface area (Å²) in [6, 6.07) is 15.1. The molecule has 0 saturated carbocycles.